The second-order valence-electron chi connectivity index (χ2n) is 7.72. The van der Waals surface area contributed by atoms with Crippen LogP contribution in [0.3, 0.4) is 0 Å². The van der Waals surface area contributed by atoms with E-state index in [1.165, 1.54) is 23.7 Å². The van der Waals surface area contributed by atoms with Crippen molar-refractivity contribution in [2.24, 2.45) is 0 Å². The summed E-state index contributed by atoms with van der Waals surface area (Å²) in [5.41, 5.74) is 2.75. The normalized spacial score (nSPS) is 11.1. The van der Waals surface area contributed by atoms with Crippen molar-refractivity contribution in [3.8, 4) is 11.1 Å². The standard InChI is InChI=1S/C25H25N5O4S/c1-3-29(4-2)12-13-34-25(31)17-8-10-19(11-9-17)28-23-22-21(15-35-24(22)27-16-26-23)18-6-5-7-20(14-18)30(32)33/h5-11,14-16H,3-4,12-13H2,1-2H3,(H,26,27,28). The molecule has 0 aliphatic carbocycles. The number of hydrogen-bond acceptors (Lipinski definition) is 9. The molecule has 0 unspecified atom stereocenters. The summed E-state index contributed by atoms with van der Waals surface area (Å²) in [6, 6.07) is 13.5. The number of non-ortho nitro benzene ring substituents is 1. The van der Waals surface area contributed by atoms with E-state index in [1.807, 2.05) is 11.4 Å². The van der Waals surface area contributed by atoms with Crippen LogP contribution in [0.25, 0.3) is 21.3 Å². The van der Waals surface area contributed by atoms with Crippen molar-refractivity contribution >= 4 is 44.7 Å². The number of anilines is 2. The van der Waals surface area contributed by atoms with Crippen LogP contribution in [0.15, 0.2) is 60.2 Å². The molecule has 0 amide bonds. The number of nitro benzene ring substituents is 1. The van der Waals surface area contributed by atoms with Crippen LogP contribution in [0, 0.1) is 10.1 Å². The molecule has 0 aliphatic rings. The fourth-order valence-electron chi connectivity index (χ4n) is 3.69. The number of nitro groups is 1. The number of benzene rings is 2. The number of ether oxygens (including phenoxy) is 1. The highest BCUT2D eigenvalue weighted by atomic mass is 32.1. The lowest BCUT2D eigenvalue weighted by atomic mass is 10.1. The summed E-state index contributed by atoms with van der Waals surface area (Å²) >= 11 is 1.44. The monoisotopic (exact) mass is 491 g/mol. The Morgan fingerprint density at radius 3 is 2.63 bits per heavy atom. The zero-order valence-corrected chi connectivity index (χ0v) is 20.2. The first-order chi connectivity index (χ1) is 17.0. The maximum atomic E-state index is 12.4. The van der Waals surface area contributed by atoms with Gasteiger partial charge in [-0.25, -0.2) is 14.8 Å². The number of nitrogens with one attached hydrogen (secondary N) is 1. The Morgan fingerprint density at radius 2 is 1.91 bits per heavy atom. The summed E-state index contributed by atoms with van der Waals surface area (Å²) in [6.45, 7) is 7.03. The molecule has 180 valence electrons. The van der Waals surface area contributed by atoms with Crippen molar-refractivity contribution in [1.29, 1.82) is 0 Å². The number of aromatic nitrogens is 2. The van der Waals surface area contributed by atoms with E-state index in [-0.39, 0.29) is 11.7 Å². The van der Waals surface area contributed by atoms with Gasteiger partial charge in [0.05, 0.1) is 15.9 Å². The largest absolute Gasteiger partial charge is 0.461 e. The number of nitrogens with zero attached hydrogens (tertiary/aromatic N) is 4. The van der Waals surface area contributed by atoms with Crippen LogP contribution in [0.5, 0.6) is 0 Å². The average molecular weight is 492 g/mol. The summed E-state index contributed by atoms with van der Waals surface area (Å²) in [7, 11) is 0. The Hall–Kier alpha value is -3.89. The lowest BCUT2D eigenvalue weighted by molar-refractivity contribution is -0.384. The van der Waals surface area contributed by atoms with Crippen molar-refractivity contribution in [3.05, 3.63) is 75.9 Å². The van der Waals surface area contributed by atoms with Crippen LogP contribution in [-0.2, 0) is 4.74 Å². The van der Waals surface area contributed by atoms with Crippen molar-refractivity contribution in [2.75, 3.05) is 31.6 Å². The van der Waals surface area contributed by atoms with Gasteiger partial charge < -0.3 is 15.0 Å². The van der Waals surface area contributed by atoms with E-state index in [9.17, 15) is 14.9 Å². The van der Waals surface area contributed by atoms with Crippen LogP contribution in [0.1, 0.15) is 24.2 Å². The van der Waals surface area contributed by atoms with E-state index in [4.69, 9.17) is 4.74 Å². The Bertz CT molecular complexity index is 1340. The molecule has 0 bridgehead atoms. The molecule has 1 N–H and O–H groups in total. The molecule has 0 aliphatic heterocycles. The lowest BCUT2D eigenvalue weighted by Gasteiger charge is -2.17. The fourth-order valence-corrected chi connectivity index (χ4v) is 4.60. The third-order valence-electron chi connectivity index (χ3n) is 5.66. The average Bonchev–Trinajstić information content (AvgIpc) is 3.32. The lowest BCUT2D eigenvalue weighted by Crippen LogP contribution is -2.27. The number of thiophene rings is 1. The Morgan fingerprint density at radius 1 is 1.14 bits per heavy atom. The number of hydrogen-bond donors (Lipinski definition) is 1. The van der Waals surface area contributed by atoms with Crippen molar-refractivity contribution in [3.63, 3.8) is 0 Å². The van der Waals surface area contributed by atoms with Crippen LogP contribution >= 0.6 is 11.3 Å². The minimum Gasteiger partial charge on any atom is -0.461 e. The summed E-state index contributed by atoms with van der Waals surface area (Å²) in [5.74, 6) is 0.214. The molecule has 0 radical (unpaired) electrons. The maximum absolute atomic E-state index is 12.4. The minimum absolute atomic E-state index is 0.0211. The van der Waals surface area contributed by atoms with Gasteiger partial charge in [0.1, 0.15) is 23.6 Å². The molecule has 0 saturated carbocycles. The predicted octanol–water partition coefficient (Wildman–Crippen LogP) is 5.51. The first-order valence-corrected chi connectivity index (χ1v) is 12.1. The zero-order chi connectivity index (χ0) is 24.8. The highest BCUT2D eigenvalue weighted by molar-refractivity contribution is 7.17. The van der Waals surface area contributed by atoms with E-state index in [1.54, 1.807) is 36.4 Å². The number of likely N-dealkylation sites (N-methyl/N-ethyl adjacent to an activating group) is 1. The molecule has 35 heavy (non-hydrogen) atoms. The highest BCUT2D eigenvalue weighted by Crippen LogP contribution is 2.38. The highest BCUT2D eigenvalue weighted by Gasteiger charge is 2.16. The summed E-state index contributed by atoms with van der Waals surface area (Å²) in [5, 5.41) is 17.2. The fraction of sp³-hybridized carbons (Fsp3) is 0.240. The zero-order valence-electron chi connectivity index (χ0n) is 19.4. The molecule has 0 spiro atoms. The number of carbonyl (C=O) groups excluding carboxylic acids is 1. The van der Waals surface area contributed by atoms with Crippen LogP contribution in [0.4, 0.5) is 17.2 Å². The third-order valence-corrected chi connectivity index (χ3v) is 6.54. The van der Waals surface area contributed by atoms with Crippen LogP contribution in [0.2, 0.25) is 0 Å². The molecule has 2 aromatic carbocycles. The molecule has 0 fully saturated rings. The molecule has 10 heteroatoms. The van der Waals surface area contributed by atoms with Gasteiger partial charge in [-0.1, -0.05) is 26.0 Å². The summed E-state index contributed by atoms with van der Waals surface area (Å²) in [6.07, 6.45) is 1.47. The van der Waals surface area contributed by atoms with Crippen LogP contribution in [-0.4, -0.2) is 52.0 Å². The molecule has 0 atom stereocenters. The van der Waals surface area contributed by atoms with Gasteiger partial charge in [-0.3, -0.25) is 10.1 Å². The van der Waals surface area contributed by atoms with Gasteiger partial charge >= 0.3 is 5.97 Å². The van der Waals surface area contributed by atoms with Gasteiger partial charge in [-0.15, -0.1) is 11.3 Å². The smallest absolute Gasteiger partial charge is 0.338 e. The third kappa shape index (κ3) is 5.61. The first kappa shape index (κ1) is 24.2. The van der Waals surface area contributed by atoms with Gasteiger partial charge in [0.15, 0.2) is 0 Å². The van der Waals surface area contributed by atoms with Gasteiger partial charge in [0, 0.05) is 35.3 Å². The minimum atomic E-state index is -0.413. The first-order valence-electron chi connectivity index (χ1n) is 11.2. The maximum Gasteiger partial charge on any atom is 0.338 e. The van der Waals surface area contributed by atoms with Crippen molar-refractivity contribution in [1.82, 2.24) is 14.9 Å². The summed E-state index contributed by atoms with van der Waals surface area (Å²) < 4.78 is 5.39. The van der Waals surface area contributed by atoms with E-state index in [0.717, 1.165) is 34.6 Å². The second kappa shape index (κ2) is 11.0. The van der Waals surface area contributed by atoms with Gasteiger partial charge in [0.2, 0.25) is 0 Å². The number of carbonyl (C=O) groups is 1. The Labute approximate surface area is 206 Å². The predicted molar refractivity (Wildman–Crippen MR) is 137 cm³/mol. The SMILES string of the molecule is CCN(CC)CCOC(=O)c1ccc(Nc2ncnc3scc(-c4cccc([N+](=O)[O-])c4)c23)cc1. The number of fused-ring (bicyclic) bond motifs is 1. The molecule has 4 aromatic rings. The van der Waals surface area contributed by atoms with E-state index in [2.05, 4.69) is 34.0 Å². The number of rotatable bonds is 10. The van der Waals surface area contributed by atoms with Gasteiger partial charge in [0.25, 0.3) is 5.69 Å². The van der Waals surface area contributed by atoms with Crippen molar-refractivity contribution < 1.29 is 14.5 Å². The van der Waals surface area contributed by atoms with Crippen molar-refractivity contribution in [2.45, 2.75) is 13.8 Å². The van der Waals surface area contributed by atoms with E-state index in [0.29, 0.717) is 30.1 Å². The molecule has 2 aromatic heterocycles. The molecule has 0 saturated heterocycles. The molecule has 4 rings (SSSR count). The molecule has 9 nitrogen and oxygen atoms in total. The quantitative estimate of drug-likeness (QED) is 0.176. The second-order valence-corrected chi connectivity index (χ2v) is 8.58. The summed E-state index contributed by atoms with van der Waals surface area (Å²) in [4.78, 5) is 34.9. The van der Waals surface area contributed by atoms with E-state index < -0.39 is 4.92 Å². The Balaban J connectivity index is 1.52. The van der Waals surface area contributed by atoms with E-state index >= 15 is 0 Å². The molecular formula is C25H25N5O4S. The topological polar surface area (TPSA) is 110 Å². The van der Waals surface area contributed by atoms with Crippen LogP contribution < -0.4 is 5.32 Å². The van der Waals surface area contributed by atoms with Gasteiger partial charge in [-0.2, -0.15) is 0 Å². The number of esters is 1. The Kier molecular flexibility index (Phi) is 7.64. The molecule has 2 heterocycles. The molecular weight excluding hydrogens is 466 g/mol. The van der Waals surface area contributed by atoms with Gasteiger partial charge in [-0.05, 0) is 42.9 Å².